The fourth-order valence-corrected chi connectivity index (χ4v) is 1.27. The SMILES string of the molecule is CC.CC(C)c1ccnc(Nc2cn[nH]n2)c1. The third kappa shape index (κ3) is 3.86. The van der Waals surface area contributed by atoms with Crippen molar-refractivity contribution in [1.82, 2.24) is 20.4 Å². The van der Waals surface area contributed by atoms with Gasteiger partial charge in [-0.2, -0.15) is 10.3 Å². The molecule has 0 aliphatic rings. The average molecular weight is 233 g/mol. The number of anilines is 2. The minimum Gasteiger partial charge on any atom is -0.322 e. The van der Waals surface area contributed by atoms with Gasteiger partial charge in [0.25, 0.3) is 0 Å². The van der Waals surface area contributed by atoms with Crippen LogP contribution in [0.3, 0.4) is 0 Å². The lowest BCUT2D eigenvalue weighted by Crippen LogP contribution is -1.96. The summed E-state index contributed by atoms with van der Waals surface area (Å²) in [7, 11) is 0. The maximum atomic E-state index is 4.20. The zero-order valence-electron chi connectivity index (χ0n) is 10.7. The smallest absolute Gasteiger partial charge is 0.173 e. The molecule has 0 saturated carbocycles. The fourth-order valence-electron chi connectivity index (χ4n) is 1.27. The minimum absolute atomic E-state index is 0.492. The van der Waals surface area contributed by atoms with Gasteiger partial charge in [-0.15, -0.1) is 5.10 Å². The van der Waals surface area contributed by atoms with Gasteiger partial charge in [-0.25, -0.2) is 4.98 Å². The molecule has 0 aliphatic carbocycles. The van der Waals surface area contributed by atoms with Gasteiger partial charge in [-0.05, 0) is 23.6 Å². The zero-order valence-corrected chi connectivity index (χ0v) is 10.7. The third-order valence-corrected chi connectivity index (χ3v) is 2.12. The van der Waals surface area contributed by atoms with E-state index in [-0.39, 0.29) is 0 Å². The van der Waals surface area contributed by atoms with Crippen molar-refractivity contribution in [3.63, 3.8) is 0 Å². The topological polar surface area (TPSA) is 66.5 Å². The highest BCUT2D eigenvalue weighted by Crippen LogP contribution is 2.18. The summed E-state index contributed by atoms with van der Waals surface area (Å²) < 4.78 is 0. The van der Waals surface area contributed by atoms with Gasteiger partial charge in [0.2, 0.25) is 0 Å². The van der Waals surface area contributed by atoms with Crippen LogP contribution in [0.25, 0.3) is 0 Å². The molecule has 5 heteroatoms. The van der Waals surface area contributed by atoms with E-state index < -0.39 is 0 Å². The van der Waals surface area contributed by atoms with Crippen molar-refractivity contribution >= 4 is 11.6 Å². The monoisotopic (exact) mass is 233 g/mol. The number of nitrogens with one attached hydrogen (secondary N) is 2. The molecule has 0 atom stereocenters. The lowest BCUT2D eigenvalue weighted by molar-refractivity contribution is 0.863. The summed E-state index contributed by atoms with van der Waals surface area (Å²) in [6.07, 6.45) is 3.40. The predicted octanol–water partition coefficient (Wildman–Crippen LogP) is 3.09. The van der Waals surface area contributed by atoms with E-state index in [1.54, 1.807) is 12.4 Å². The first-order chi connectivity index (χ1) is 8.25. The third-order valence-electron chi connectivity index (χ3n) is 2.12. The van der Waals surface area contributed by atoms with E-state index in [0.29, 0.717) is 11.7 Å². The molecule has 0 unspecified atom stereocenters. The Balaban J connectivity index is 0.000000686. The first kappa shape index (κ1) is 13.2. The van der Waals surface area contributed by atoms with Crippen molar-refractivity contribution in [2.24, 2.45) is 0 Å². The molecule has 0 spiro atoms. The van der Waals surface area contributed by atoms with Crippen LogP contribution in [0.5, 0.6) is 0 Å². The van der Waals surface area contributed by atoms with Crippen molar-refractivity contribution in [2.45, 2.75) is 33.6 Å². The van der Waals surface area contributed by atoms with Crippen molar-refractivity contribution < 1.29 is 0 Å². The van der Waals surface area contributed by atoms with E-state index in [0.717, 1.165) is 5.82 Å². The minimum atomic E-state index is 0.492. The molecular weight excluding hydrogens is 214 g/mol. The number of nitrogens with zero attached hydrogens (tertiary/aromatic N) is 3. The molecule has 0 aliphatic heterocycles. The van der Waals surface area contributed by atoms with Crippen molar-refractivity contribution in [3.05, 3.63) is 30.1 Å². The number of aromatic nitrogens is 4. The molecule has 92 valence electrons. The van der Waals surface area contributed by atoms with Gasteiger partial charge in [0.15, 0.2) is 5.82 Å². The maximum absolute atomic E-state index is 4.20. The van der Waals surface area contributed by atoms with Crippen LogP contribution in [-0.4, -0.2) is 20.4 Å². The average Bonchev–Trinajstić information content (AvgIpc) is 2.85. The summed E-state index contributed by atoms with van der Waals surface area (Å²) in [6.45, 7) is 8.30. The summed E-state index contributed by atoms with van der Waals surface area (Å²) >= 11 is 0. The first-order valence-electron chi connectivity index (χ1n) is 5.84. The highest BCUT2D eigenvalue weighted by atomic mass is 15.4. The molecular formula is C12H19N5. The Labute approximate surface area is 102 Å². The van der Waals surface area contributed by atoms with Crippen molar-refractivity contribution in [2.75, 3.05) is 5.32 Å². The molecule has 0 saturated heterocycles. The second-order valence-corrected chi connectivity index (χ2v) is 3.61. The standard InChI is InChI=1S/C10H13N5.C2H6/c1-7(2)8-3-4-11-9(5-8)13-10-6-12-15-14-10;1-2/h3-7H,1-2H3,(H2,11,12,13,14,15);1-2H3. The molecule has 2 rings (SSSR count). The van der Waals surface area contributed by atoms with Gasteiger partial charge in [-0.3, -0.25) is 0 Å². The van der Waals surface area contributed by atoms with E-state index in [1.165, 1.54) is 5.56 Å². The van der Waals surface area contributed by atoms with Gasteiger partial charge >= 0.3 is 0 Å². The number of rotatable bonds is 3. The molecule has 0 fully saturated rings. The molecule has 17 heavy (non-hydrogen) atoms. The van der Waals surface area contributed by atoms with Crippen molar-refractivity contribution in [1.29, 1.82) is 0 Å². The maximum Gasteiger partial charge on any atom is 0.173 e. The summed E-state index contributed by atoms with van der Waals surface area (Å²) in [4.78, 5) is 4.20. The molecule has 0 radical (unpaired) electrons. The Morgan fingerprint density at radius 3 is 2.59 bits per heavy atom. The van der Waals surface area contributed by atoms with E-state index in [9.17, 15) is 0 Å². The van der Waals surface area contributed by atoms with Crippen LogP contribution in [0.2, 0.25) is 0 Å². The van der Waals surface area contributed by atoms with Crippen LogP contribution in [0.1, 0.15) is 39.2 Å². The van der Waals surface area contributed by atoms with Crippen LogP contribution < -0.4 is 5.32 Å². The normalized spacial score (nSPS) is 9.71. The highest BCUT2D eigenvalue weighted by molar-refractivity contribution is 5.50. The molecule has 2 heterocycles. The van der Waals surface area contributed by atoms with Gasteiger partial charge in [-0.1, -0.05) is 27.7 Å². The fraction of sp³-hybridized carbons (Fsp3) is 0.417. The number of aromatic amines is 1. The molecule has 0 aromatic carbocycles. The van der Waals surface area contributed by atoms with Gasteiger partial charge in [0, 0.05) is 6.20 Å². The van der Waals surface area contributed by atoms with Crippen LogP contribution in [0.4, 0.5) is 11.6 Å². The van der Waals surface area contributed by atoms with Crippen molar-refractivity contribution in [3.8, 4) is 0 Å². The van der Waals surface area contributed by atoms with Crippen LogP contribution >= 0.6 is 0 Å². The Morgan fingerprint density at radius 2 is 2.00 bits per heavy atom. The molecule has 2 aromatic rings. The Morgan fingerprint density at radius 1 is 1.24 bits per heavy atom. The molecule has 0 amide bonds. The lowest BCUT2D eigenvalue weighted by Gasteiger charge is -2.07. The zero-order chi connectivity index (χ0) is 12.7. The Kier molecular flexibility index (Phi) is 5.13. The molecule has 5 nitrogen and oxygen atoms in total. The molecule has 0 bridgehead atoms. The second-order valence-electron chi connectivity index (χ2n) is 3.61. The molecule has 2 N–H and O–H groups in total. The van der Waals surface area contributed by atoms with E-state index >= 15 is 0 Å². The van der Waals surface area contributed by atoms with Gasteiger partial charge in [0.1, 0.15) is 5.82 Å². The highest BCUT2D eigenvalue weighted by Gasteiger charge is 2.02. The number of hydrogen-bond acceptors (Lipinski definition) is 4. The number of hydrogen-bond donors (Lipinski definition) is 2. The van der Waals surface area contributed by atoms with Crippen LogP contribution in [0, 0.1) is 0 Å². The van der Waals surface area contributed by atoms with Crippen LogP contribution in [-0.2, 0) is 0 Å². The summed E-state index contributed by atoms with van der Waals surface area (Å²) in [5, 5.41) is 13.2. The lowest BCUT2D eigenvalue weighted by atomic mass is 10.1. The van der Waals surface area contributed by atoms with Gasteiger partial charge in [0.05, 0.1) is 6.20 Å². The second kappa shape index (κ2) is 6.62. The number of pyridine rings is 1. The first-order valence-corrected chi connectivity index (χ1v) is 5.84. The van der Waals surface area contributed by atoms with Crippen LogP contribution in [0.15, 0.2) is 24.5 Å². The van der Waals surface area contributed by atoms with E-state index in [4.69, 9.17) is 0 Å². The van der Waals surface area contributed by atoms with E-state index in [1.807, 2.05) is 26.0 Å². The Hall–Kier alpha value is -1.91. The van der Waals surface area contributed by atoms with E-state index in [2.05, 4.69) is 39.6 Å². The summed E-state index contributed by atoms with van der Waals surface area (Å²) in [6, 6.07) is 4.03. The van der Waals surface area contributed by atoms with Gasteiger partial charge < -0.3 is 5.32 Å². The largest absolute Gasteiger partial charge is 0.322 e. The molecule has 2 aromatic heterocycles. The summed E-state index contributed by atoms with van der Waals surface area (Å²) in [5.74, 6) is 1.95. The quantitative estimate of drug-likeness (QED) is 0.854. The Bertz CT molecular complexity index is 422. The number of H-pyrrole nitrogens is 1. The predicted molar refractivity (Wildman–Crippen MR) is 69.3 cm³/mol. The summed E-state index contributed by atoms with van der Waals surface area (Å²) in [5.41, 5.74) is 1.25.